The van der Waals surface area contributed by atoms with Gasteiger partial charge in [-0.15, -0.1) is 0 Å². The van der Waals surface area contributed by atoms with Crippen molar-refractivity contribution in [3.05, 3.63) is 35.6 Å². The monoisotopic (exact) mass is 204 g/mol. The van der Waals surface area contributed by atoms with Crippen LogP contribution in [0.25, 0.3) is 11.0 Å². The molecular weight excluding hydrogens is 192 g/mol. The van der Waals surface area contributed by atoms with Crippen LogP contribution in [0.3, 0.4) is 0 Å². The molecule has 0 atom stereocenters. The van der Waals surface area contributed by atoms with Gasteiger partial charge in [0.1, 0.15) is 16.9 Å². The zero-order valence-electron chi connectivity index (χ0n) is 8.74. The number of hydrogen-bond donors (Lipinski definition) is 0. The number of para-hydroxylation sites is 1. The van der Waals surface area contributed by atoms with Crippen LogP contribution in [0, 0.1) is 0 Å². The first-order chi connectivity index (χ1) is 7.26. The lowest BCUT2D eigenvalue weighted by molar-refractivity contribution is 0.0601. The maximum absolute atomic E-state index is 11.4. The number of ether oxygens (including phenoxy) is 1. The van der Waals surface area contributed by atoms with Gasteiger partial charge in [0.25, 0.3) is 0 Å². The summed E-state index contributed by atoms with van der Waals surface area (Å²) in [5.41, 5.74) is 1.09. The predicted molar refractivity (Wildman–Crippen MR) is 56.9 cm³/mol. The molecule has 78 valence electrons. The fourth-order valence-electron chi connectivity index (χ4n) is 1.56. The van der Waals surface area contributed by atoms with Gasteiger partial charge >= 0.3 is 5.97 Å². The third-order valence-corrected chi connectivity index (χ3v) is 2.35. The van der Waals surface area contributed by atoms with Crippen LogP contribution < -0.4 is 0 Å². The molecule has 2 aromatic rings. The molecule has 0 saturated carbocycles. The van der Waals surface area contributed by atoms with Crippen molar-refractivity contribution < 1.29 is 13.9 Å². The van der Waals surface area contributed by atoms with Gasteiger partial charge in [0, 0.05) is 11.8 Å². The molecule has 15 heavy (non-hydrogen) atoms. The molecule has 0 spiro atoms. The van der Waals surface area contributed by atoms with Crippen molar-refractivity contribution in [3.8, 4) is 0 Å². The molecule has 0 aliphatic heterocycles. The summed E-state index contributed by atoms with van der Waals surface area (Å²) in [5.74, 6) is 0.513. The predicted octanol–water partition coefficient (Wildman–Crippen LogP) is 2.78. The van der Waals surface area contributed by atoms with E-state index in [2.05, 4.69) is 4.74 Å². The zero-order chi connectivity index (χ0) is 10.8. The van der Waals surface area contributed by atoms with E-state index in [9.17, 15) is 4.79 Å². The molecule has 1 aromatic carbocycles. The summed E-state index contributed by atoms with van der Waals surface area (Å²) in [6.07, 6.45) is 0.815. The first kappa shape index (κ1) is 9.77. The number of furan rings is 1. The highest BCUT2D eigenvalue weighted by Crippen LogP contribution is 2.23. The Kier molecular flexibility index (Phi) is 2.46. The summed E-state index contributed by atoms with van der Waals surface area (Å²) in [6.45, 7) is 2.01. The third kappa shape index (κ3) is 1.61. The highest BCUT2D eigenvalue weighted by molar-refractivity contribution is 6.02. The molecule has 0 radical (unpaired) electrons. The second-order valence-corrected chi connectivity index (χ2v) is 3.28. The Bertz CT molecular complexity index is 497. The van der Waals surface area contributed by atoms with Crippen molar-refractivity contribution in [3.63, 3.8) is 0 Å². The SMILES string of the molecule is CCc1cc2cccc(C(=O)OC)c2o1. The number of carbonyl (C=O) groups excluding carboxylic acids is 1. The molecule has 2 rings (SSSR count). The van der Waals surface area contributed by atoms with Crippen LogP contribution >= 0.6 is 0 Å². The van der Waals surface area contributed by atoms with Crippen molar-refractivity contribution >= 4 is 16.9 Å². The molecule has 3 nitrogen and oxygen atoms in total. The first-order valence-corrected chi connectivity index (χ1v) is 4.86. The Morgan fingerprint density at radius 3 is 2.93 bits per heavy atom. The Hall–Kier alpha value is -1.77. The molecular formula is C12H12O3. The maximum atomic E-state index is 11.4. The smallest absolute Gasteiger partial charge is 0.341 e. The average molecular weight is 204 g/mol. The number of esters is 1. The van der Waals surface area contributed by atoms with Crippen molar-refractivity contribution in [2.24, 2.45) is 0 Å². The van der Waals surface area contributed by atoms with E-state index in [1.807, 2.05) is 25.1 Å². The van der Waals surface area contributed by atoms with E-state index in [-0.39, 0.29) is 5.97 Å². The largest absolute Gasteiger partial charge is 0.465 e. The summed E-state index contributed by atoms with van der Waals surface area (Å²) < 4.78 is 10.3. The van der Waals surface area contributed by atoms with E-state index in [0.717, 1.165) is 17.6 Å². The normalized spacial score (nSPS) is 10.5. The average Bonchev–Trinajstić information content (AvgIpc) is 2.70. The standard InChI is InChI=1S/C12H12O3/c1-3-9-7-8-5-4-6-10(11(8)15-9)12(13)14-2/h4-7H,3H2,1-2H3. The Balaban J connectivity index is 2.64. The number of aryl methyl sites for hydroxylation is 1. The van der Waals surface area contributed by atoms with Crippen molar-refractivity contribution in [2.75, 3.05) is 7.11 Å². The number of hydrogen-bond acceptors (Lipinski definition) is 3. The molecule has 0 unspecified atom stereocenters. The van der Waals surface area contributed by atoms with E-state index in [1.165, 1.54) is 7.11 Å². The van der Waals surface area contributed by atoms with Crippen molar-refractivity contribution in [1.29, 1.82) is 0 Å². The van der Waals surface area contributed by atoms with Crippen LogP contribution in [0.1, 0.15) is 23.0 Å². The number of methoxy groups -OCH3 is 1. The second-order valence-electron chi connectivity index (χ2n) is 3.28. The van der Waals surface area contributed by atoms with Crippen LogP contribution in [-0.2, 0) is 11.2 Å². The Morgan fingerprint density at radius 2 is 2.27 bits per heavy atom. The second kappa shape index (κ2) is 3.77. The highest BCUT2D eigenvalue weighted by Gasteiger charge is 2.13. The van der Waals surface area contributed by atoms with Crippen LogP contribution in [0.5, 0.6) is 0 Å². The van der Waals surface area contributed by atoms with Crippen molar-refractivity contribution in [1.82, 2.24) is 0 Å². The van der Waals surface area contributed by atoms with Gasteiger partial charge in [0.05, 0.1) is 7.11 Å². The summed E-state index contributed by atoms with van der Waals surface area (Å²) in [7, 11) is 1.37. The summed E-state index contributed by atoms with van der Waals surface area (Å²) in [4.78, 5) is 11.4. The number of carbonyl (C=O) groups is 1. The lowest BCUT2D eigenvalue weighted by atomic mass is 10.1. The summed E-state index contributed by atoms with van der Waals surface area (Å²) in [6, 6.07) is 7.40. The molecule has 1 heterocycles. The Morgan fingerprint density at radius 1 is 1.47 bits per heavy atom. The van der Waals surface area contributed by atoms with Gasteiger partial charge in [-0.3, -0.25) is 0 Å². The van der Waals surface area contributed by atoms with Crippen molar-refractivity contribution in [2.45, 2.75) is 13.3 Å². The molecule has 0 aliphatic rings. The van der Waals surface area contributed by atoms with Gasteiger partial charge in [-0.1, -0.05) is 19.1 Å². The lowest BCUT2D eigenvalue weighted by Crippen LogP contribution is -2.00. The molecule has 1 aromatic heterocycles. The van der Waals surface area contributed by atoms with E-state index in [0.29, 0.717) is 11.1 Å². The number of fused-ring (bicyclic) bond motifs is 1. The van der Waals surface area contributed by atoms with Crippen LogP contribution in [0.15, 0.2) is 28.7 Å². The molecule has 0 amide bonds. The molecule has 0 fully saturated rings. The molecule has 0 aliphatic carbocycles. The Labute approximate surface area is 87.6 Å². The molecule has 0 N–H and O–H groups in total. The minimum absolute atomic E-state index is 0.363. The summed E-state index contributed by atoms with van der Waals surface area (Å²) >= 11 is 0. The van der Waals surface area contributed by atoms with Gasteiger partial charge in [-0.05, 0) is 12.1 Å². The minimum Gasteiger partial charge on any atom is -0.465 e. The van der Waals surface area contributed by atoms with Gasteiger partial charge in [-0.2, -0.15) is 0 Å². The molecule has 0 saturated heterocycles. The fraction of sp³-hybridized carbons (Fsp3) is 0.250. The molecule has 3 heteroatoms. The quantitative estimate of drug-likeness (QED) is 0.706. The van der Waals surface area contributed by atoms with E-state index in [1.54, 1.807) is 6.07 Å². The van der Waals surface area contributed by atoms with E-state index < -0.39 is 0 Å². The minimum atomic E-state index is -0.363. The van der Waals surface area contributed by atoms with E-state index >= 15 is 0 Å². The van der Waals surface area contributed by atoms with Gasteiger partial charge in [-0.25, -0.2) is 4.79 Å². The fourth-order valence-corrected chi connectivity index (χ4v) is 1.56. The lowest BCUT2D eigenvalue weighted by Gasteiger charge is -1.98. The summed E-state index contributed by atoms with van der Waals surface area (Å²) in [5, 5.41) is 0.940. The molecule has 0 bridgehead atoms. The third-order valence-electron chi connectivity index (χ3n) is 2.35. The first-order valence-electron chi connectivity index (χ1n) is 4.86. The van der Waals surface area contributed by atoms with Crippen LogP contribution in [-0.4, -0.2) is 13.1 Å². The maximum Gasteiger partial charge on any atom is 0.341 e. The highest BCUT2D eigenvalue weighted by atomic mass is 16.5. The van der Waals surface area contributed by atoms with Gasteiger partial charge in [0.15, 0.2) is 0 Å². The topological polar surface area (TPSA) is 39.4 Å². The zero-order valence-corrected chi connectivity index (χ0v) is 8.74. The number of rotatable bonds is 2. The van der Waals surface area contributed by atoms with Gasteiger partial charge in [0.2, 0.25) is 0 Å². The van der Waals surface area contributed by atoms with Crippen LogP contribution in [0.2, 0.25) is 0 Å². The van der Waals surface area contributed by atoms with E-state index in [4.69, 9.17) is 4.42 Å². The van der Waals surface area contributed by atoms with Gasteiger partial charge < -0.3 is 9.15 Å². The van der Waals surface area contributed by atoms with Crippen LogP contribution in [0.4, 0.5) is 0 Å². The number of benzene rings is 1.